The molecule has 116 valence electrons. The molecule has 1 spiro atoms. The fourth-order valence-electron chi connectivity index (χ4n) is 3.74. The normalized spacial score (nSPS) is 39.6. The molecule has 4 unspecified atom stereocenters. The Bertz CT molecular complexity index is 315. The first-order chi connectivity index (χ1) is 9.70. The third-order valence-electron chi connectivity index (χ3n) is 4.99. The lowest BCUT2D eigenvalue weighted by Crippen LogP contribution is -2.49. The Morgan fingerprint density at radius 3 is 2.65 bits per heavy atom. The average Bonchev–Trinajstić information content (AvgIpc) is 2.48. The van der Waals surface area contributed by atoms with Crippen LogP contribution in [-0.2, 0) is 4.74 Å². The third-order valence-corrected chi connectivity index (χ3v) is 9.18. The first-order valence-corrected chi connectivity index (χ1v) is 11.1. The molecule has 3 saturated heterocycles. The van der Waals surface area contributed by atoms with Crippen LogP contribution >= 0.6 is 35.3 Å². The van der Waals surface area contributed by atoms with Gasteiger partial charge in [-0.3, -0.25) is 0 Å². The van der Waals surface area contributed by atoms with Crippen LogP contribution < -0.4 is 0 Å². The number of thioether (sulfide) groups is 3. The molecule has 1 N–H and O–H groups in total. The van der Waals surface area contributed by atoms with Crippen molar-refractivity contribution in [1.82, 2.24) is 0 Å². The van der Waals surface area contributed by atoms with Crippen LogP contribution in [0.1, 0.15) is 32.6 Å². The molecule has 20 heavy (non-hydrogen) atoms. The molecular formula is C15H26O2S3. The first kappa shape index (κ1) is 15.9. The first-order valence-electron chi connectivity index (χ1n) is 7.83. The molecule has 0 aliphatic carbocycles. The van der Waals surface area contributed by atoms with E-state index in [9.17, 15) is 5.11 Å². The van der Waals surface area contributed by atoms with E-state index in [1.54, 1.807) is 0 Å². The molecule has 4 atom stereocenters. The molecule has 3 aliphatic rings. The number of hydrogen-bond acceptors (Lipinski definition) is 5. The second kappa shape index (κ2) is 7.03. The van der Waals surface area contributed by atoms with Crippen LogP contribution in [0, 0.1) is 5.92 Å². The summed E-state index contributed by atoms with van der Waals surface area (Å²) in [5.74, 6) is 5.34. The summed E-state index contributed by atoms with van der Waals surface area (Å²) in [6, 6.07) is 0. The van der Waals surface area contributed by atoms with E-state index in [0.717, 1.165) is 19.4 Å². The van der Waals surface area contributed by atoms with Gasteiger partial charge in [0.15, 0.2) is 0 Å². The van der Waals surface area contributed by atoms with Crippen LogP contribution in [0.3, 0.4) is 0 Å². The molecule has 0 aromatic rings. The van der Waals surface area contributed by atoms with E-state index in [0.29, 0.717) is 16.4 Å². The molecule has 2 nitrogen and oxygen atoms in total. The second-order valence-electron chi connectivity index (χ2n) is 6.30. The van der Waals surface area contributed by atoms with Crippen molar-refractivity contribution in [3.8, 4) is 0 Å². The van der Waals surface area contributed by atoms with Crippen molar-refractivity contribution in [1.29, 1.82) is 0 Å². The summed E-state index contributed by atoms with van der Waals surface area (Å²) in [5.41, 5.74) is 0.102. The van der Waals surface area contributed by atoms with Crippen molar-refractivity contribution >= 4 is 35.3 Å². The molecule has 5 heteroatoms. The molecule has 3 rings (SSSR count). The van der Waals surface area contributed by atoms with Gasteiger partial charge in [-0.2, -0.15) is 35.3 Å². The highest BCUT2D eigenvalue weighted by Gasteiger charge is 2.43. The zero-order valence-electron chi connectivity index (χ0n) is 12.3. The van der Waals surface area contributed by atoms with Crippen molar-refractivity contribution in [3.63, 3.8) is 0 Å². The molecule has 0 aromatic heterocycles. The van der Waals surface area contributed by atoms with E-state index < -0.39 is 0 Å². The van der Waals surface area contributed by atoms with Gasteiger partial charge in [0.2, 0.25) is 0 Å². The van der Waals surface area contributed by atoms with Crippen molar-refractivity contribution in [2.75, 3.05) is 29.6 Å². The van der Waals surface area contributed by atoms with Crippen LogP contribution in [-0.4, -0.2) is 56.9 Å². The number of rotatable bonds is 2. The monoisotopic (exact) mass is 334 g/mol. The fourth-order valence-corrected chi connectivity index (χ4v) is 7.91. The lowest BCUT2D eigenvalue weighted by Gasteiger charge is -2.46. The van der Waals surface area contributed by atoms with Gasteiger partial charge in [-0.1, -0.05) is 6.92 Å². The van der Waals surface area contributed by atoms with Gasteiger partial charge in [0.25, 0.3) is 0 Å². The maximum atomic E-state index is 10.9. The van der Waals surface area contributed by atoms with E-state index in [1.165, 1.54) is 35.9 Å². The molecule has 0 bridgehead atoms. The van der Waals surface area contributed by atoms with E-state index in [-0.39, 0.29) is 11.7 Å². The number of aliphatic hydroxyl groups is 1. The van der Waals surface area contributed by atoms with Crippen molar-refractivity contribution in [2.24, 2.45) is 5.92 Å². The standard InChI is InChI=1S/C15H26O2S3/c1-11-14(20-9-8-19-11)13(16)12-2-5-17-15(10-12)3-6-18-7-4-15/h11-14,16H,2-10H2,1H3. The molecular weight excluding hydrogens is 308 g/mol. The highest BCUT2D eigenvalue weighted by molar-refractivity contribution is 8.07. The third kappa shape index (κ3) is 3.48. The maximum Gasteiger partial charge on any atom is 0.0701 e. The summed E-state index contributed by atoms with van der Waals surface area (Å²) in [5, 5.41) is 11.9. The molecule has 0 aromatic carbocycles. The Kier molecular flexibility index (Phi) is 5.57. The largest absolute Gasteiger partial charge is 0.392 e. The van der Waals surface area contributed by atoms with Crippen LogP contribution in [0.15, 0.2) is 0 Å². The van der Waals surface area contributed by atoms with Crippen molar-refractivity contribution in [3.05, 3.63) is 0 Å². The second-order valence-corrected chi connectivity index (χ2v) is 10.3. The van der Waals surface area contributed by atoms with Crippen LogP contribution in [0.4, 0.5) is 0 Å². The number of ether oxygens (including phenoxy) is 1. The summed E-state index contributed by atoms with van der Waals surface area (Å²) >= 11 is 6.07. The van der Waals surface area contributed by atoms with Gasteiger partial charge in [-0.05, 0) is 43.1 Å². The topological polar surface area (TPSA) is 29.5 Å². The van der Waals surface area contributed by atoms with E-state index in [1.807, 2.05) is 23.5 Å². The number of aliphatic hydroxyl groups excluding tert-OH is 1. The predicted octanol–water partition coefficient (Wildman–Crippen LogP) is 3.28. The predicted molar refractivity (Wildman–Crippen MR) is 92.1 cm³/mol. The molecule has 0 amide bonds. The van der Waals surface area contributed by atoms with Crippen LogP contribution in [0.5, 0.6) is 0 Å². The van der Waals surface area contributed by atoms with Gasteiger partial charge in [0.05, 0.1) is 11.7 Å². The highest BCUT2D eigenvalue weighted by Crippen LogP contribution is 2.43. The van der Waals surface area contributed by atoms with Crippen molar-refractivity contribution < 1.29 is 9.84 Å². The lowest BCUT2D eigenvalue weighted by atomic mass is 9.78. The molecule has 3 aliphatic heterocycles. The van der Waals surface area contributed by atoms with Crippen LogP contribution in [0.2, 0.25) is 0 Å². The SMILES string of the molecule is CC1SCCSC1C(O)C1CCOC2(CCSCC2)C1. The average molecular weight is 335 g/mol. The fraction of sp³-hybridized carbons (Fsp3) is 1.00. The van der Waals surface area contributed by atoms with Gasteiger partial charge in [0, 0.05) is 28.6 Å². The van der Waals surface area contributed by atoms with E-state index in [4.69, 9.17) is 4.74 Å². The Morgan fingerprint density at radius 1 is 1.15 bits per heavy atom. The lowest BCUT2D eigenvalue weighted by molar-refractivity contribution is -0.120. The summed E-state index contributed by atoms with van der Waals surface area (Å²) in [6.45, 7) is 3.14. The van der Waals surface area contributed by atoms with Gasteiger partial charge in [0.1, 0.15) is 0 Å². The minimum atomic E-state index is -0.141. The summed E-state index contributed by atoms with van der Waals surface area (Å²) < 4.78 is 6.16. The van der Waals surface area contributed by atoms with Crippen molar-refractivity contribution in [2.45, 2.75) is 54.8 Å². The quantitative estimate of drug-likeness (QED) is 0.837. The van der Waals surface area contributed by atoms with E-state index >= 15 is 0 Å². The Labute approximate surface area is 135 Å². The van der Waals surface area contributed by atoms with Gasteiger partial charge >= 0.3 is 0 Å². The van der Waals surface area contributed by atoms with Gasteiger partial charge in [-0.15, -0.1) is 0 Å². The smallest absolute Gasteiger partial charge is 0.0701 e. The molecule has 0 saturated carbocycles. The zero-order valence-corrected chi connectivity index (χ0v) is 14.7. The molecule has 3 heterocycles. The summed E-state index contributed by atoms with van der Waals surface area (Å²) in [7, 11) is 0. The van der Waals surface area contributed by atoms with Gasteiger partial charge < -0.3 is 9.84 Å². The number of hydrogen-bond donors (Lipinski definition) is 1. The highest BCUT2D eigenvalue weighted by atomic mass is 32.2. The zero-order chi connectivity index (χ0) is 14.0. The minimum Gasteiger partial charge on any atom is -0.392 e. The Hall–Kier alpha value is 0.970. The summed E-state index contributed by atoms with van der Waals surface area (Å²) in [6.07, 6.45) is 4.36. The Morgan fingerprint density at radius 2 is 1.90 bits per heavy atom. The van der Waals surface area contributed by atoms with Gasteiger partial charge in [-0.25, -0.2) is 0 Å². The minimum absolute atomic E-state index is 0.102. The Balaban J connectivity index is 1.63. The maximum absolute atomic E-state index is 10.9. The van der Waals surface area contributed by atoms with E-state index in [2.05, 4.69) is 18.7 Å². The molecule has 3 fully saturated rings. The van der Waals surface area contributed by atoms with Crippen LogP contribution in [0.25, 0.3) is 0 Å². The summed E-state index contributed by atoms with van der Waals surface area (Å²) in [4.78, 5) is 0. The molecule has 0 radical (unpaired) electrons.